The highest BCUT2D eigenvalue weighted by Gasteiger charge is 2.19. The molecule has 1 aromatic heterocycles. The van der Waals surface area contributed by atoms with E-state index in [9.17, 15) is 4.79 Å². The highest BCUT2D eigenvalue weighted by Crippen LogP contribution is 2.21. The first-order valence-electron chi connectivity index (χ1n) is 3.88. The van der Waals surface area contributed by atoms with Gasteiger partial charge in [-0.2, -0.15) is 9.64 Å². The van der Waals surface area contributed by atoms with Crippen LogP contribution in [0.5, 0.6) is 0 Å². The number of esters is 1. The van der Waals surface area contributed by atoms with E-state index in [1.807, 2.05) is 0 Å². The zero-order valence-electron chi connectivity index (χ0n) is 7.77. The van der Waals surface area contributed by atoms with Crippen LogP contribution in [0.2, 0.25) is 0 Å². The average molecular weight is 211 g/mol. The van der Waals surface area contributed by atoms with Crippen LogP contribution < -0.4 is 5.73 Å². The summed E-state index contributed by atoms with van der Waals surface area (Å²) in [4.78, 5) is 11.4. The van der Waals surface area contributed by atoms with Gasteiger partial charge >= 0.3 is 5.97 Å². The summed E-state index contributed by atoms with van der Waals surface area (Å²) in [7, 11) is 0. The second-order valence-electron chi connectivity index (χ2n) is 2.68. The van der Waals surface area contributed by atoms with E-state index >= 15 is 0 Å². The maximum absolute atomic E-state index is 11.4. The second-order valence-corrected chi connectivity index (χ2v) is 3.49. The standard InChI is InChI=1S/C8H9N3O2S/c1-4(3-9)13-8(12)6-5(2)11-14-7(6)10/h4H,10H2,1-2H3. The molecule has 1 rings (SSSR count). The van der Waals surface area contributed by atoms with Crippen LogP contribution in [0, 0.1) is 18.3 Å². The highest BCUT2D eigenvalue weighted by molar-refractivity contribution is 7.10. The lowest BCUT2D eigenvalue weighted by Gasteiger charge is -2.05. The van der Waals surface area contributed by atoms with Crippen molar-refractivity contribution in [2.24, 2.45) is 0 Å². The number of nitriles is 1. The van der Waals surface area contributed by atoms with Gasteiger partial charge in [0.05, 0.1) is 5.69 Å². The van der Waals surface area contributed by atoms with E-state index in [1.165, 1.54) is 6.92 Å². The molecule has 5 nitrogen and oxygen atoms in total. The van der Waals surface area contributed by atoms with E-state index in [0.29, 0.717) is 10.7 Å². The molecule has 0 spiro atoms. The van der Waals surface area contributed by atoms with Gasteiger partial charge in [-0.3, -0.25) is 0 Å². The Morgan fingerprint density at radius 2 is 2.43 bits per heavy atom. The van der Waals surface area contributed by atoms with Crippen LogP contribution in [-0.2, 0) is 4.74 Å². The molecule has 1 heterocycles. The Labute approximate surface area is 85.3 Å². The third-order valence-corrected chi connectivity index (χ3v) is 2.32. The number of aromatic nitrogens is 1. The van der Waals surface area contributed by atoms with E-state index in [0.717, 1.165) is 11.5 Å². The summed E-state index contributed by atoms with van der Waals surface area (Å²) >= 11 is 1.04. The van der Waals surface area contributed by atoms with Crippen molar-refractivity contribution in [3.8, 4) is 6.07 Å². The van der Waals surface area contributed by atoms with Crippen LogP contribution in [0.3, 0.4) is 0 Å². The number of hydrogen-bond donors (Lipinski definition) is 1. The predicted molar refractivity (Wildman–Crippen MR) is 51.8 cm³/mol. The Kier molecular flexibility index (Phi) is 3.04. The molecule has 0 bridgehead atoms. The number of anilines is 1. The average Bonchev–Trinajstić information content (AvgIpc) is 2.46. The number of hydrogen-bond acceptors (Lipinski definition) is 6. The van der Waals surface area contributed by atoms with Gasteiger partial charge < -0.3 is 10.5 Å². The van der Waals surface area contributed by atoms with Crippen molar-refractivity contribution in [2.75, 3.05) is 5.73 Å². The highest BCUT2D eigenvalue weighted by atomic mass is 32.1. The summed E-state index contributed by atoms with van der Waals surface area (Å²) in [5.74, 6) is -0.595. The SMILES string of the molecule is Cc1nsc(N)c1C(=O)OC(C)C#N. The summed E-state index contributed by atoms with van der Waals surface area (Å²) in [6.07, 6.45) is -0.777. The molecule has 1 unspecified atom stereocenters. The van der Waals surface area contributed by atoms with Gasteiger partial charge in [0.25, 0.3) is 0 Å². The molecule has 0 fully saturated rings. The summed E-state index contributed by atoms with van der Waals surface area (Å²) in [5.41, 5.74) is 6.32. The number of ether oxygens (including phenoxy) is 1. The summed E-state index contributed by atoms with van der Waals surface area (Å²) in [6.45, 7) is 3.16. The number of rotatable bonds is 2. The minimum absolute atomic E-state index is 0.261. The molecular weight excluding hydrogens is 202 g/mol. The quantitative estimate of drug-likeness (QED) is 0.740. The van der Waals surface area contributed by atoms with Crippen molar-refractivity contribution in [1.82, 2.24) is 4.37 Å². The molecule has 0 amide bonds. The van der Waals surface area contributed by atoms with Crippen molar-refractivity contribution < 1.29 is 9.53 Å². The van der Waals surface area contributed by atoms with Gasteiger partial charge in [0.2, 0.25) is 0 Å². The molecule has 2 N–H and O–H groups in total. The van der Waals surface area contributed by atoms with E-state index in [4.69, 9.17) is 15.7 Å². The molecule has 0 aliphatic carbocycles. The van der Waals surface area contributed by atoms with Gasteiger partial charge in [0.15, 0.2) is 6.10 Å². The first-order chi connectivity index (χ1) is 6.56. The van der Waals surface area contributed by atoms with Gasteiger partial charge in [0, 0.05) is 0 Å². The predicted octanol–water partition coefficient (Wildman–Crippen LogP) is 1.10. The Morgan fingerprint density at radius 3 is 2.86 bits per heavy atom. The van der Waals surface area contributed by atoms with Crippen molar-refractivity contribution in [3.63, 3.8) is 0 Å². The first-order valence-corrected chi connectivity index (χ1v) is 4.66. The zero-order chi connectivity index (χ0) is 10.7. The number of nitrogens with zero attached hydrogens (tertiary/aromatic N) is 2. The third-order valence-electron chi connectivity index (χ3n) is 1.56. The maximum atomic E-state index is 11.4. The second kappa shape index (κ2) is 4.07. The van der Waals surface area contributed by atoms with Crippen molar-refractivity contribution in [1.29, 1.82) is 5.26 Å². The fourth-order valence-corrected chi connectivity index (χ4v) is 1.53. The number of aryl methyl sites for hydroxylation is 1. The fourth-order valence-electron chi connectivity index (χ4n) is 0.881. The van der Waals surface area contributed by atoms with Crippen LogP contribution in [0.25, 0.3) is 0 Å². The largest absolute Gasteiger partial charge is 0.444 e. The van der Waals surface area contributed by atoms with E-state index in [-0.39, 0.29) is 5.56 Å². The smallest absolute Gasteiger partial charge is 0.344 e. The third kappa shape index (κ3) is 2.00. The Balaban J connectivity index is 2.86. The van der Waals surface area contributed by atoms with Gasteiger partial charge in [-0.1, -0.05) is 0 Å². The number of nitrogens with two attached hydrogens (primary N) is 1. The topological polar surface area (TPSA) is 89.0 Å². The van der Waals surface area contributed by atoms with E-state index < -0.39 is 12.1 Å². The lowest BCUT2D eigenvalue weighted by atomic mass is 10.2. The number of nitrogen functional groups attached to an aromatic ring is 1. The van der Waals surface area contributed by atoms with Crippen molar-refractivity contribution >= 4 is 22.5 Å². The Hall–Kier alpha value is -1.61. The summed E-state index contributed by atoms with van der Waals surface area (Å²) < 4.78 is 8.70. The van der Waals surface area contributed by atoms with E-state index in [2.05, 4.69) is 4.37 Å². The van der Waals surface area contributed by atoms with E-state index in [1.54, 1.807) is 13.0 Å². The van der Waals surface area contributed by atoms with Gasteiger partial charge in [0.1, 0.15) is 16.6 Å². The monoisotopic (exact) mass is 211 g/mol. The molecule has 74 valence electrons. The fraction of sp³-hybridized carbons (Fsp3) is 0.375. The molecule has 0 radical (unpaired) electrons. The van der Waals surface area contributed by atoms with Gasteiger partial charge in [-0.25, -0.2) is 4.79 Å². The van der Waals surface area contributed by atoms with Crippen LogP contribution in [0.15, 0.2) is 0 Å². The lowest BCUT2D eigenvalue weighted by molar-refractivity contribution is 0.0436. The van der Waals surface area contributed by atoms with Gasteiger partial charge in [-0.15, -0.1) is 0 Å². The molecule has 0 saturated carbocycles. The van der Waals surface area contributed by atoms with Crippen molar-refractivity contribution in [3.05, 3.63) is 11.3 Å². The summed E-state index contributed by atoms with van der Waals surface area (Å²) in [6, 6.07) is 1.80. The van der Waals surface area contributed by atoms with Crippen molar-refractivity contribution in [2.45, 2.75) is 20.0 Å². The number of carbonyl (C=O) groups excluding carboxylic acids is 1. The van der Waals surface area contributed by atoms with Crippen LogP contribution in [-0.4, -0.2) is 16.4 Å². The molecule has 14 heavy (non-hydrogen) atoms. The van der Waals surface area contributed by atoms with Crippen LogP contribution >= 0.6 is 11.5 Å². The number of carbonyl (C=O) groups is 1. The summed E-state index contributed by atoms with van der Waals surface area (Å²) in [5, 5.41) is 8.77. The minimum Gasteiger partial charge on any atom is -0.444 e. The first kappa shape index (κ1) is 10.5. The molecule has 6 heteroatoms. The minimum atomic E-state index is -0.777. The van der Waals surface area contributed by atoms with Crippen LogP contribution in [0.4, 0.5) is 5.00 Å². The molecule has 0 aromatic carbocycles. The zero-order valence-corrected chi connectivity index (χ0v) is 8.59. The molecular formula is C8H9N3O2S. The molecule has 1 atom stereocenters. The van der Waals surface area contributed by atoms with Gasteiger partial charge in [-0.05, 0) is 25.4 Å². The molecule has 0 saturated heterocycles. The molecule has 0 aliphatic rings. The Morgan fingerprint density at radius 1 is 1.79 bits per heavy atom. The van der Waals surface area contributed by atoms with Crippen LogP contribution in [0.1, 0.15) is 23.0 Å². The molecule has 1 aromatic rings. The lowest BCUT2D eigenvalue weighted by Crippen LogP contribution is -2.14. The Bertz CT molecular complexity index is 374. The maximum Gasteiger partial charge on any atom is 0.344 e. The molecule has 0 aliphatic heterocycles. The normalized spacial score (nSPS) is 11.8.